The number of halogens is 2. The molecule has 0 bridgehead atoms. The van der Waals surface area contributed by atoms with Crippen LogP contribution in [0.25, 0.3) is 0 Å². The van der Waals surface area contributed by atoms with E-state index in [9.17, 15) is 8.42 Å². The number of nitrogens with one attached hydrogen (secondary N) is 2. The van der Waals surface area contributed by atoms with E-state index in [4.69, 9.17) is 4.74 Å². The lowest BCUT2D eigenvalue weighted by atomic mass is 10.3. The molecule has 0 aliphatic carbocycles. The van der Waals surface area contributed by atoms with Crippen molar-refractivity contribution in [3.05, 3.63) is 22.7 Å². The second kappa shape index (κ2) is 7.96. The minimum absolute atomic E-state index is 0. The molecule has 0 saturated carbocycles. The van der Waals surface area contributed by atoms with E-state index in [-0.39, 0.29) is 17.3 Å². The van der Waals surface area contributed by atoms with Gasteiger partial charge < -0.3 is 10.1 Å². The van der Waals surface area contributed by atoms with Gasteiger partial charge in [-0.3, -0.25) is 0 Å². The van der Waals surface area contributed by atoms with Crippen LogP contribution < -0.4 is 14.8 Å². The smallest absolute Gasteiger partial charge is 0.241 e. The van der Waals surface area contributed by atoms with Crippen LogP contribution in [0.4, 0.5) is 0 Å². The van der Waals surface area contributed by atoms with Crippen molar-refractivity contribution >= 4 is 38.4 Å². The van der Waals surface area contributed by atoms with E-state index in [0.29, 0.717) is 23.3 Å². The number of benzene rings is 1. The van der Waals surface area contributed by atoms with Gasteiger partial charge in [0.05, 0.1) is 12.0 Å². The molecule has 0 heterocycles. The third-order valence-corrected chi connectivity index (χ3v) is 4.55. The number of rotatable bonds is 6. The van der Waals surface area contributed by atoms with Crippen molar-refractivity contribution in [3.63, 3.8) is 0 Å². The molecule has 0 saturated heterocycles. The molecule has 18 heavy (non-hydrogen) atoms. The molecule has 1 aromatic rings. The lowest BCUT2D eigenvalue weighted by Crippen LogP contribution is -2.30. The van der Waals surface area contributed by atoms with Crippen LogP contribution in [0.5, 0.6) is 5.75 Å². The van der Waals surface area contributed by atoms with Gasteiger partial charge in [-0.05, 0) is 35.1 Å². The first kappa shape index (κ1) is 17.7. The number of hydrogen-bond acceptors (Lipinski definition) is 4. The first-order chi connectivity index (χ1) is 8.01. The third kappa shape index (κ3) is 4.74. The quantitative estimate of drug-likeness (QED) is 0.753. The zero-order chi connectivity index (χ0) is 12.9. The maximum atomic E-state index is 12.0. The lowest BCUT2D eigenvalue weighted by molar-refractivity contribution is 0.413. The van der Waals surface area contributed by atoms with E-state index in [1.54, 1.807) is 19.2 Å². The summed E-state index contributed by atoms with van der Waals surface area (Å²) >= 11 is 3.21. The Morgan fingerprint density at radius 3 is 2.56 bits per heavy atom. The van der Waals surface area contributed by atoms with Crippen molar-refractivity contribution in [2.24, 2.45) is 0 Å². The van der Waals surface area contributed by atoms with Gasteiger partial charge >= 0.3 is 0 Å². The minimum atomic E-state index is -3.51. The molecule has 0 unspecified atom stereocenters. The van der Waals surface area contributed by atoms with E-state index in [1.807, 2.05) is 0 Å². The normalized spacial score (nSPS) is 10.8. The van der Waals surface area contributed by atoms with Crippen LogP contribution in [-0.4, -0.2) is 35.7 Å². The Morgan fingerprint density at radius 2 is 2.00 bits per heavy atom. The molecule has 5 nitrogen and oxygen atoms in total. The highest BCUT2D eigenvalue weighted by Crippen LogP contribution is 2.26. The number of methoxy groups -OCH3 is 1. The van der Waals surface area contributed by atoms with Gasteiger partial charge in [0.15, 0.2) is 0 Å². The van der Waals surface area contributed by atoms with Crippen LogP contribution in [0.15, 0.2) is 27.6 Å². The van der Waals surface area contributed by atoms with Crippen LogP contribution in [0, 0.1) is 0 Å². The Morgan fingerprint density at radius 1 is 1.33 bits per heavy atom. The monoisotopic (exact) mass is 358 g/mol. The predicted molar refractivity (Wildman–Crippen MR) is 77.1 cm³/mol. The van der Waals surface area contributed by atoms with Crippen molar-refractivity contribution in [3.8, 4) is 5.75 Å². The van der Waals surface area contributed by atoms with Gasteiger partial charge in [-0.25, -0.2) is 13.1 Å². The molecule has 1 aromatic carbocycles. The topological polar surface area (TPSA) is 67.4 Å². The summed E-state index contributed by atoms with van der Waals surface area (Å²) in [5, 5.41) is 2.87. The molecule has 104 valence electrons. The summed E-state index contributed by atoms with van der Waals surface area (Å²) in [4.78, 5) is 0.174. The third-order valence-electron chi connectivity index (χ3n) is 2.09. The van der Waals surface area contributed by atoms with E-state index < -0.39 is 10.0 Å². The van der Waals surface area contributed by atoms with Crippen molar-refractivity contribution in [2.45, 2.75) is 4.90 Å². The van der Waals surface area contributed by atoms with Gasteiger partial charge in [0.2, 0.25) is 10.0 Å². The first-order valence-electron chi connectivity index (χ1n) is 4.99. The van der Waals surface area contributed by atoms with Crippen LogP contribution in [0.1, 0.15) is 0 Å². The fourth-order valence-corrected chi connectivity index (χ4v) is 3.21. The van der Waals surface area contributed by atoms with Crippen molar-refractivity contribution < 1.29 is 13.2 Å². The van der Waals surface area contributed by atoms with Gasteiger partial charge in [-0.2, -0.15) is 0 Å². The maximum Gasteiger partial charge on any atom is 0.241 e. The first-order valence-corrected chi connectivity index (χ1v) is 7.26. The molecule has 0 atom stereocenters. The van der Waals surface area contributed by atoms with Gasteiger partial charge in [-0.1, -0.05) is 0 Å². The Balaban J connectivity index is 0.00000289. The van der Waals surface area contributed by atoms with Gasteiger partial charge in [0.1, 0.15) is 5.75 Å². The van der Waals surface area contributed by atoms with Crippen LogP contribution >= 0.6 is 28.3 Å². The molecule has 0 fully saturated rings. The molecule has 0 radical (unpaired) electrons. The molecule has 2 N–H and O–H groups in total. The molecule has 0 aliphatic rings. The van der Waals surface area contributed by atoms with Crippen molar-refractivity contribution in [2.75, 3.05) is 27.2 Å². The predicted octanol–water partition coefficient (Wildman–Crippen LogP) is 1.38. The minimum Gasteiger partial charge on any atom is -0.497 e. The number of hydrogen-bond donors (Lipinski definition) is 2. The number of sulfonamides is 1. The summed E-state index contributed by atoms with van der Waals surface area (Å²) < 4.78 is 32.0. The average molecular weight is 360 g/mol. The standard InChI is InChI=1S/C10H15BrN2O3S.ClH/c1-12-5-6-13-17(14,15)10-7-8(16-2)3-4-9(10)11;/h3-4,7,12-13H,5-6H2,1-2H3;1H. The summed E-state index contributed by atoms with van der Waals surface area (Å²) in [5.74, 6) is 0.502. The summed E-state index contributed by atoms with van der Waals surface area (Å²) in [6.45, 7) is 0.906. The van der Waals surface area contributed by atoms with E-state index in [1.165, 1.54) is 13.2 Å². The van der Waals surface area contributed by atoms with Gasteiger partial charge in [-0.15, -0.1) is 12.4 Å². The van der Waals surface area contributed by atoms with Gasteiger partial charge in [0.25, 0.3) is 0 Å². The summed E-state index contributed by atoms with van der Waals surface area (Å²) in [5.41, 5.74) is 0. The Bertz CT molecular complexity index is 482. The van der Waals surface area contributed by atoms with Crippen LogP contribution in [-0.2, 0) is 10.0 Å². The van der Waals surface area contributed by atoms with Crippen molar-refractivity contribution in [1.82, 2.24) is 10.0 Å². The van der Waals surface area contributed by atoms with Crippen LogP contribution in [0.2, 0.25) is 0 Å². The summed E-state index contributed by atoms with van der Waals surface area (Å²) in [6, 6.07) is 4.81. The van der Waals surface area contributed by atoms with Crippen molar-refractivity contribution in [1.29, 1.82) is 0 Å². The Labute approximate surface area is 122 Å². The second-order valence-electron chi connectivity index (χ2n) is 3.30. The number of ether oxygens (including phenoxy) is 1. The maximum absolute atomic E-state index is 12.0. The van der Waals surface area contributed by atoms with Gasteiger partial charge in [0, 0.05) is 23.6 Å². The summed E-state index contributed by atoms with van der Waals surface area (Å²) in [6.07, 6.45) is 0. The largest absolute Gasteiger partial charge is 0.497 e. The fraction of sp³-hybridized carbons (Fsp3) is 0.400. The highest BCUT2D eigenvalue weighted by molar-refractivity contribution is 9.10. The molecular weight excluding hydrogens is 344 g/mol. The fourth-order valence-electron chi connectivity index (χ4n) is 1.20. The molecular formula is C10H16BrClN2O3S. The molecule has 8 heteroatoms. The Hall–Kier alpha value is -0.340. The highest BCUT2D eigenvalue weighted by atomic mass is 79.9. The Kier molecular flexibility index (Phi) is 7.81. The molecule has 0 spiro atoms. The molecule has 0 amide bonds. The molecule has 1 rings (SSSR count). The number of likely N-dealkylation sites (N-methyl/N-ethyl adjacent to an activating group) is 1. The second-order valence-corrected chi connectivity index (χ2v) is 5.89. The highest BCUT2D eigenvalue weighted by Gasteiger charge is 2.17. The van der Waals surface area contributed by atoms with E-state index in [2.05, 4.69) is 26.0 Å². The SMILES string of the molecule is CNCCNS(=O)(=O)c1cc(OC)ccc1Br.Cl. The molecule has 0 aliphatic heterocycles. The lowest BCUT2D eigenvalue weighted by Gasteiger charge is -2.09. The van der Waals surface area contributed by atoms with Crippen LogP contribution in [0.3, 0.4) is 0 Å². The summed E-state index contributed by atoms with van der Waals surface area (Å²) in [7, 11) is -0.259. The van der Waals surface area contributed by atoms with E-state index >= 15 is 0 Å². The zero-order valence-corrected chi connectivity index (χ0v) is 13.3. The van der Waals surface area contributed by atoms with E-state index in [0.717, 1.165) is 0 Å². The molecule has 0 aromatic heterocycles. The zero-order valence-electron chi connectivity index (χ0n) is 10.1. The average Bonchev–Trinajstić information content (AvgIpc) is 2.29.